The first-order valence-electron chi connectivity index (χ1n) is 13.0. The number of hydrogen-bond donors (Lipinski definition) is 6. The molecule has 36 heavy (non-hydrogen) atoms. The molecule has 1 fully saturated rings. The van der Waals surface area contributed by atoms with Gasteiger partial charge in [0.1, 0.15) is 18.8 Å². The lowest BCUT2D eigenvalue weighted by molar-refractivity contribution is -0.149. The Morgan fingerprint density at radius 2 is 1.67 bits per heavy atom. The molecule has 1 heterocycles. The van der Waals surface area contributed by atoms with Gasteiger partial charge in [-0.2, -0.15) is 0 Å². The highest BCUT2D eigenvalue weighted by Gasteiger charge is 2.41. The minimum Gasteiger partial charge on any atom is -0.463 e. The molecule has 8 nitrogen and oxygen atoms in total. The van der Waals surface area contributed by atoms with Crippen LogP contribution >= 0.6 is 11.3 Å². The SMILES string of the molecule is O=C(CCCCCC[C@@H]1[C@@H](CC[C@@H](O)c2cc3ccccc3s2)[C@H](O)C[C@@H]1O)OC[C@@H](O)[C@H](O)CO. The molecular weight excluding hydrogens is 484 g/mol. The molecule has 6 N–H and O–H groups in total. The molecule has 7 atom stereocenters. The van der Waals surface area contributed by atoms with Gasteiger partial charge in [-0.25, -0.2) is 0 Å². The van der Waals surface area contributed by atoms with Crippen LogP contribution in [0.25, 0.3) is 10.1 Å². The van der Waals surface area contributed by atoms with Crippen molar-refractivity contribution < 1.29 is 40.2 Å². The van der Waals surface area contributed by atoms with Gasteiger partial charge in [0.05, 0.1) is 24.9 Å². The van der Waals surface area contributed by atoms with Crippen LogP contribution in [0.4, 0.5) is 0 Å². The van der Waals surface area contributed by atoms with Gasteiger partial charge in [-0.1, -0.05) is 37.5 Å². The summed E-state index contributed by atoms with van der Waals surface area (Å²) in [5.74, 6) is -0.496. The van der Waals surface area contributed by atoms with Crippen LogP contribution in [0.1, 0.15) is 68.8 Å². The first-order valence-corrected chi connectivity index (χ1v) is 13.8. The van der Waals surface area contributed by atoms with Crippen LogP contribution in [0, 0.1) is 11.8 Å². The molecule has 0 aliphatic heterocycles. The number of ether oxygens (including phenoxy) is 1. The van der Waals surface area contributed by atoms with Crippen LogP contribution in [0.5, 0.6) is 0 Å². The normalized spacial score (nSPS) is 24.6. The van der Waals surface area contributed by atoms with Gasteiger partial charge < -0.3 is 35.4 Å². The molecule has 1 saturated carbocycles. The van der Waals surface area contributed by atoms with Crippen molar-refractivity contribution in [3.63, 3.8) is 0 Å². The van der Waals surface area contributed by atoms with E-state index in [0.717, 1.165) is 40.6 Å². The predicted molar refractivity (Wildman–Crippen MR) is 137 cm³/mol. The fourth-order valence-electron chi connectivity index (χ4n) is 5.13. The molecule has 2 aromatic rings. The highest BCUT2D eigenvalue weighted by atomic mass is 32.1. The van der Waals surface area contributed by atoms with Crippen molar-refractivity contribution in [2.24, 2.45) is 11.8 Å². The van der Waals surface area contributed by atoms with Gasteiger partial charge in [0, 0.05) is 16.0 Å². The Bertz CT molecular complexity index is 900. The topological polar surface area (TPSA) is 148 Å². The summed E-state index contributed by atoms with van der Waals surface area (Å²) in [4.78, 5) is 12.7. The van der Waals surface area contributed by atoms with Gasteiger partial charge in [-0.3, -0.25) is 4.79 Å². The number of unbranched alkanes of at least 4 members (excludes halogenated alkanes) is 3. The van der Waals surface area contributed by atoms with E-state index in [-0.39, 0.29) is 24.9 Å². The third-order valence-electron chi connectivity index (χ3n) is 7.28. The number of carbonyl (C=O) groups excluding carboxylic acids is 1. The number of fused-ring (bicyclic) bond motifs is 1. The molecule has 1 aromatic heterocycles. The van der Waals surface area contributed by atoms with Gasteiger partial charge in [-0.05, 0) is 61.5 Å². The highest BCUT2D eigenvalue weighted by molar-refractivity contribution is 7.19. The average molecular weight is 525 g/mol. The lowest BCUT2D eigenvalue weighted by atomic mass is 9.84. The molecule has 0 bridgehead atoms. The van der Waals surface area contributed by atoms with Gasteiger partial charge in [0.25, 0.3) is 0 Å². The maximum atomic E-state index is 11.7. The van der Waals surface area contributed by atoms with Gasteiger partial charge in [0.2, 0.25) is 0 Å². The van der Waals surface area contributed by atoms with E-state index in [1.807, 2.05) is 30.3 Å². The maximum absolute atomic E-state index is 11.7. The molecule has 0 amide bonds. The summed E-state index contributed by atoms with van der Waals surface area (Å²) in [6, 6.07) is 10.1. The largest absolute Gasteiger partial charge is 0.463 e. The zero-order chi connectivity index (χ0) is 26.1. The minimum atomic E-state index is -1.33. The quantitative estimate of drug-likeness (QED) is 0.154. The average Bonchev–Trinajstić information content (AvgIpc) is 3.42. The molecule has 0 saturated heterocycles. The first-order chi connectivity index (χ1) is 17.3. The van der Waals surface area contributed by atoms with Crippen LogP contribution in [0.3, 0.4) is 0 Å². The number of rotatable bonds is 15. The predicted octanol–water partition coefficient (Wildman–Crippen LogP) is 2.67. The molecule has 0 radical (unpaired) electrons. The Morgan fingerprint density at radius 1 is 0.972 bits per heavy atom. The molecule has 3 rings (SSSR count). The fourth-order valence-corrected chi connectivity index (χ4v) is 6.21. The maximum Gasteiger partial charge on any atom is 0.305 e. The lowest BCUT2D eigenvalue weighted by Gasteiger charge is -2.24. The number of thiophene rings is 1. The van der Waals surface area contributed by atoms with Crippen molar-refractivity contribution in [2.75, 3.05) is 13.2 Å². The molecule has 0 spiro atoms. The molecule has 1 aliphatic rings. The van der Waals surface area contributed by atoms with E-state index in [2.05, 4.69) is 0 Å². The summed E-state index contributed by atoms with van der Waals surface area (Å²) < 4.78 is 6.05. The molecule has 0 unspecified atom stereocenters. The van der Waals surface area contributed by atoms with Gasteiger partial charge in [0.15, 0.2) is 0 Å². The molecule has 1 aromatic carbocycles. The zero-order valence-corrected chi connectivity index (χ0v) is 21.4. The van der Waals surface area contributed by atoms with E-state index in [9.17, 15) is 30.3 Å². The van der Waals surface area contributed by atoms with Crippen LogP contribution in [-0.4, -0.2) is 74.2 Å². The number of aliphatic hydroxyl groups is 6. The van der Waals surface area contributed by atoms with E-state index in [0.29, 0.717) is 25.7 Å². The minimum absolute atomic E-state index is 0.000914. The fraction of sp³-hybridized carbons (Fsp3) is 0.667. The van der Waals surface area contributed by atoms with Crippen LogP contribution in [0.15, 0.2) is 30.3 Å². The van der Waals surface area contributed by atoms with Crippen molar-refractivity contribution in [2.45, 2.75) is 88.3 Å². The summed E-state index contributed by atoms with van der Waals surface area (Å²) >= 11 is 1.59. The second kappa shape index (κ2) is 14.4. The van der Waals surface area contributed by atoms with Gasteiger partial charge in [-0.15, -0.1) is 11.3 Å². The number of carbonyl (C=O) groups is 1. The van der Waals surface area contributed by atoms with E-state index in [4.69, 9.17) is 9.84 Å². The second-order valence-corrected chi connectivity index (χ2v) is 11.0. The van der Waals surface area contributed by atoms with E-state index < -0.39 is 43.1 Å². The van der Waals surface area contributed by atoms with Crippen molar-refractivity contribution in [3.8, 4) is 0 Å². The number of esters is 1. The lowest BCUT2D eigenvalue weighted by Crippen LogP contribution is -2.34. The molecule has 1 aliphatic carbocycles. The molecule has 9 heteroatoms. The van der Waals surface area contributed by atoms with Crippen LogP contribution in [0.2, 0.25) is 0 Å². The van der Waals surface area contributed by atoms with Gasteiger partial charge >= 0.3 is 5.97 Å². The van der Waals surface area contributed by atoms with Crippen molar-refractivity contribution >= 4 is 27.4 Å². The van der Waals surface area contributed by atoms with Crippen molar-refractivity contribution in [1.82, 2.24) is 0 Å². The first kappa shape index (κ1) is 29.0. The monoisotopic (exact) mass is 524 g/mol. The summed E-state index contributed by atoms with van der Waals surface area (Å²) in [7, 11) is 0. The summed E-state index contributed by atoms with van der Waals surface area (Å²) in [5.41, 5.74) is 0. The molecule has 202 valence electrons. The number of aliphatic hydroxyl groups excluding tert-OH is 6. The summed E-state index contributed by atoms with van der Waals surface area (Å²) in [6.07, 6.45) is 1.48. The highest BCUT2D eigenvalue weighted by Crippen LogP contribution is 2.41. The zero-order valence-electron chi connectivity index (χ0n) is 20.6. The third-order valence-corrected chi connectivity index (χ3v) is 8.50. The van der Waals surface area contributed by atoms with E-state index in [1.165, 1.54) is 0 Å². The Labute approximate surface area is 216 Å². The number of benzene rings is 1. The van der Waals surface area contributed by atoms with Crippen LogP contribution in [-0.2, 0) is 9.53 Å². The Morgan fingerprint density at radius 3 is 2.39 bits per heavy atom. The Kier molecular flexibility index (Phi) is 11.6. The van der Waals surface area contributed by atoms with Crippen LogP contribution < -0.4 is 0 Å². The Hall–Kier alpha value is -1.59. The van der Waals surface area contributed by atoms with Crippen molar-refractivity contribution in [3.05, 3.63) is 35.2 Å². The third kappa shape index (κ3) is 8.21. The standard InChI is InChI=1S/C27H40O8S/c28-15-23(32)24(33)16-35-27(34)10-4-2-1-3-8-18-19(22(31)14-21(18)30)11-12-20(29)26-13-17-7-5-6-9-25(17)36-26/h5-7,9,13,18-24,28-33H,1-4,8,10-12,14-16H2/t18-,19-,20-,21+,22-,23-,24-/m1/s1. The van der Waals surface area contributed by atoms with Crippen molar-refractivity contribution in [1.29, 1.82) is 0 Å². The van der Waals surface area contributed by atoms with E-state index >= 15 is 0 Å². The summed E-state index contributed by atoms with van der Waals surface area (Å²) in [5, 5.41) is 60.4. The summed E-state index contributed by atoms with van der Waals surface area (Å²) in [6.45, 7) is -0.944. The number of hydrogen-bond acceptors (Lipinski definition) is 9. The second-order valence-electron chi connectivity index (χ2n) is 9.93. The molecular formula is C27H40O8S. The van der Waals surface area contributed by atoms with E-state index in [1.54, 1.807) is 11.3 Å². The Balaban J connectivity index is 1.35. The smallest absolute Gasteiger partial charge is 0.305 e.